The van der Waals surface area contributed by atoms with Crippen LogP contribution >= 0.6 is 23.2 Å². The highest BCUT2D eigenvalue weighted by atomic mass is 35.5. The second-order valence-electron chi connectivity index (χ2n) is 7.99. The van der Waals surface area contributed by atoms with Crippen LogP contribution in [0.3, 0.4) is 0 Å². The lowest BCUT2D eigenvalue weighted by molar-refractivity contribution is 0.434. The topological polar surface area (TPSA) is 53.1 Å². The van der Waals surface area contributed by atoms with Crippen LogP contribution in [0.25, 0.3) is 21.8 Å². The molecule has 0 bridgehead atoms. The van der Waals surface area contributed by atoms with E-state index in [1.165, 1.54) is 0 Å². The molecule has 0 saturated heterocycles. The summed E-state index contributed by atoms with van der Waals surface area (Å²) in [6.07, 6.45) is 6.63. The second kappa shape index (κ2) is 11.5. The SMILES string of the molecule is [B]N(CCCCNc1ccnc2cc(Cl)ccc12)CCCNc1ccnc2cc(Cl)ccc12. The van der Waals surface area contributed by atoms with E-state index >= 15 is 0 Å². The van der Waals surface area contributed by atoms with Crippen molar-refractivity contribution in [3.63, 3.8) is 0 Å². The van der Waals surface area contributed by atoms with Crippen LogP contribution in [0.1, 0.15) is 19.3 Å². The van der Waals surface area contributed by atoms with Crippen LogP contribution in [0.15, 0.2) is 60.9 Å². The normalized spacial score (nSPS) is 11.4. The molecule has 33 heavy (non-hydrogen) atoms. The first kappa shape index (κ1) is 23.6. The van der Waals surface area contributed by atoms with Crippen molar-refractivity contribution in [3.8, 4) is 0 Å². The fourth-order valence-electron chi connectivity index (χ4n) is 3.83. The van der Waals surface area contributed by atoms with Crippen molar-refractivity contribution in [2.24, 2.45) is 0 Å². The Morgan fingerprint density at radius 3 is 1.79 bits per heavy atom. The van der Waals surface area contributed by atoms with E-state index in [2.05, 4.69) is 20.6 Å². The Labute approximate surface area is 205 Å². The molecule has 2 radical (unpaired) electrons. The summed E-state index contributed by atoms with van der Waals surface area (Å²) in [7, 11) is 6.18. The standard InChI is InChI=1S/C25H26BCl2N5/c26-33(15-3-11-30-23-9-13-32-25-17-19(28)5-7-21(23)25)14-2-1-10-29-22-8-12-31-24-16-18(27)4-6-20(22)24/h4-9,12-13,16-17H,1-3,10-11,14-15H2,(H,29,31)(H,30,32). The molecule has 0 aliphatic heterocycles. The summed E-state index contributed by atoms with van der Waals surface area (Å²) in [6.45, 7) is 3.43. The van der Waals surface area contributed by atoms with Gasteiger partial charge in [-0.3, -0.25) is 9.97 Å². The van der Waals surface area contributed by atoms with Gasteiger partial charge in [-0.2, -0.15) is 0 Å². The van der Waals surface area contributed by atoms with E-state index in [4.69, 9.17) is 31.2 Å². The van der Waals surface area contributed by atoms with Gasteiger partial charge in [0.25, 0.3) is 0 Å². The molecule has 0 aliphatic carbocycles. The number of hydrogen-bond donors (Lipinski definition) is 2. The molecule has 0 atom stereocenters. The van der Waals surface area contributed by atoms with Crippen molar-refractivity contribution in [2.75, 3.05) is 36.8 Å². The lowest BCUT2D eigenvalue weighted by Gasteiger charge is -2.18. The lowest BCUT2D eigenvalue weighted by Crippen LogP contribution is -2.24. The van der Waals surface area contributed by atoms with E-state index in [-0.39, 0.29) is 0 Å². The highest BCUT2D eigenvalue weighted by Crippen LogP contribution is 2.25. The van der Waals surface area contributed by atoms with E-state index in [1.54, 1.807) is 12.4 Å². The third-order valence-corrected chi connectivity index (χ3v) is 6.00. The number of rotatable bonds is 11. The predicted molar refractivity (Wildman–Crippen MR) is 142 cm³/mol. The molecule has 0 amide bonds. The zero-order chi connectivity index (χ0) is 23.0. The average molecular weight is 478 g/mol. The van der Waals surface area contributed by atoms with Crippen LogP contribution in [0.4, 0.5) is 11.4 Å². The number of halogens is 2. The van der Waals surface area contributed by atoms with E-state index in [1.807, 2.05) is 53.3 Å². The highest BCUT2D eigenvalue weighted by molar-refractivity contribution is 6.31. The number of aromatic nitrogens is 2. The van der Waals surface area contributed by atoms with Gasteiger partial charge in [-0.05, 0) is 80.9 Å². The summed E-state index contributed by atoms with van der Waals surface area (Å²) < 4.78 is 0. The summed E-state index contributed by atoms with van der Waals surface area (Å²) in [5.74, 6) is 0. The van der Waals surface area contributed by atoms with Gasteiger partial charge < -0.3 is 15.4 Å². The maximum absolute atomic E-state index is 6.18. The van der Waals surface area contributed by atoms with Crippen molar-refractivity contribution in [3.05, 3.63) is 71.0 Å². The molecule has 168 valence electrons. The van der Waals surface area contributed by atoms with Gasteiger partial charge in [0, 0.05) is 57.7 Å². The van der Waals surface area contributed by atoms with E-state index in [0.717, 1.165) is 78.6 Å². The van der Waals surface area contributed by atoms with Crippen LogP contribution in [0.2, 0.25) is 10.0 Å². The van der Waals surface area contributed by atoms with Gasteiger partial charge in [-0.25, -0.2) is 0 Å². The Hall–Kier alpha value is -2.54. The smallest absolute Gasteiger partial charge is 0.182 e. The number of pyridine rings is 2. The molecule has 2 aromatic heterocycles. The molecule has 0 unspecified atom stereocenters. The quantitative estimate of drug-likeness (QED) is 0.200. The van der Waals surface area contributed by atoms with E-state index in [0.29, 0.717) is 10.0 Å². The minimum absolute atomic E-state index is 0.695. The van der Waals surface area contributed by atoms with Gasteiger partial charge in [-0.15, -0.1) is 0 Å². The molecule has 0 spiro atoms. The maximum atomic E-state index is 6.18. The molecular formula is C25H26BCl2N5. The molecular weight excluding hydrogens is 452 g/mol. The summed E-state index contributed by atoms with van der Waals surface area (Å²) in [4.78, 5) is 10.7. The summed E-state index contributed by atoms with van der Waals surface area (Å²) in [6, 6.07) is 15.5. The molecule has 4 aromatic rings. The third kappa shape index (κ3) is 6.50. The Kier molecular flexibility index (Phi) is 8.27. The Morgan fingerprint density at radius 1 is 0.697 bits per heavy atom. The molecule has 2 N–H and O–H groups in total. The number of fused-ring (bicyclic) bond motifs is 2. The van der Waals surface area contributed by atoms with Crippen LogP contribution in [0.5, 0.6) is 0 Å². The Balaban J connectivity index is 1.14. The average Bonchev–Trinajstić information content (AvgIpc) is 2.81. The monoisotopic (exact) mass is 477 g/mol. The van der Waals surface area contributed by atoms with Crippen molar-refractivity contribution in [1.82, 2.24) is 14.8 Å². The van der Waals surface area contributed by atoms with Crippen molar-refractivity contribution < 1.29 is 0 Å². The van der Waals surface area contributed by atoms with Gasteiger partial charge in [0.1, 0.15) is 0 Å². The van der Waals surface area contributed by atoms with Gasteiger partial charge >= 0.3 is 0 Å². The molecule has 2 aromatic carbocycles. The van der Waals surface area contributed by atoms with Crippen LogP contribution < -0.4 is 10.6 Å². The largest absolute Gasteiger partial charge is 0.384 e. The van der Waals surface area contributed by atoms with Crippen molar-refractivity contribution in [2.45, 2.75) is 19.3 Å². The fraction of sp³-hybridized carbons (Fsp3) is 0.280. The molecule has 4 rings (SSSR count). The minimum Gasteiger partial charge on any atom is -0.384 e. The fourth-order valence-corrected chi connectivity index (χ4v) is 4.16. The third-order valence-electron chi connectivity index (χ3n) is 5.53. The first-order valence-corrected chi connectivity index (χ1v) is 11.9. The highest BCUT2D eigenvalue weighted by Gasteiger charge is 2.04. The zero-order valence-electron chi connectivity index (χ0n) is 18.4. The van der Waals surface area contributed by atoms with Gasteiger partial charge in [0.15, 0.2) is 7.98 Å². The van der Waals surface area contributed by atoms with Crippen LogP contribution in [-0.2, 0) is 0 Å². The lowest BCUT2D eigenvalue weighted by atomic mass is 10.1. The summed E-state index contributed by atoms with van der Waals surface area (Å²) in [5, 5.41) is 10.5. The first-order chi connectivity index (χ1) is 16.1. The van der Waals surface area contributed by atoms with Crippen LogP contribution in [-0.4, -0.2) is 48.9 Å². The van der Waals surface area contributed by atoms with Gasteiger partial charge in [0.2, 0.25) is 0 Å². The number of anilines is 2. The Morgan fingerprint density at radius 2 is 1.21 bits per heavy atom. The maximum Gasteiger partial charge on any atom is 0.182 e. The summed E-state index contributed by atoms with van der Waals surface area (Å²) >= 11 is 12.1. The number of nitrogens with one attached hydrogen (secondary N) is 2. The second-order valence-corrected chi connectivity index (χ2v) is 8.86. The van der Waals surface area contributed by atoms with Crippen molar-refractivity contribution in [1.29, 1.82) is 0 Å². The minimum atomic E-state index is 0.695. The number of unbranched alkanes of at least 4 members (excludes halogenated alkanes) is 1. The molecule has 0 saturated carbocycles. The van der Waals surface area contributed by atoms with Gasteiger partial charge in [-0.1, -0.05) is 23.2 Å². The number of nitrogens with zero attached hydrogens (tertiary/aromatic N) is 3. The van der Waals surface area contributed by atoms with Crippen LogP contribution in [0, 0.1) is 0 Å². The molecule has 5 nitrogen and oxygen atoms in total. The molecule has 0 fully saturated rings. The molecule has 2 heterocycles. The number of hydrogen-bond acceptors (Lipinski definition) is 5. The van der Waals surface area contributed by atoms with E-state index < -0.39 is 0 Å². The van der Waals surface area contributed by atoms with Crippen molar-refractivity contribution >= 4 is 64.4 Å². The van der Waals surface area contributed by atoms with Gasteiger partial charge in [0.05, 0.1) is 11.0 Å². The number of benzene rings is 2. The summed E-state index contributed by atoms with van der Waals surface area (Å²) in [5.41, 5.74) is 3.94. The zero-order valence-corrected chi connectivity index (χ0v) is 19.9. The molecule has 0 aliphatic rings. The van der Waals surface area contributed by atoms with E-state index in [9.17, 15) is 0 Å². The predicted octanol–water partition coefficient (Wildman–Crippen LogP) is 6.17. The molecule has 8 heteroatoms. The Bertz CT molecular complexity index is 1220. The first-order valence-electron chi connectivity index (χ1n) is 11.2.